The first-order valence-electron chi connectivity index (χ1n) is 7.52. The van der Waals surface area contributed by atoms with Crippen LogP contribution in [0.2, 0.25) is 0 Å². The minimum atomic E-state index is -0.917. The van der Waals surface area contributed by atoms with Crippen LogP contribution in [0.4, 0.5) is 0 Å². The summed E-state index contributed by atoms with van der Waals surface area (Å²) >= 11 is 1.31. The molecule has 23 heavy (non-hydrogen) atoms. The second-order valence-corrected chi connectivity index (χ2v) is 8.06. The van der Waals surface area contributed by atoms with Crippen molar-refractivity contribution >= 4 is 17.7 Å². The summed E-state index contributed by atoms with van der Waals surface area (Å²) in [6, 6.07) is 9.63. The van der Waals surface area contributed by atoms with E-state index in [2.05, 4.69) is 4.98 Å². The van der Waals surface area contributed by atoms with E-state index >= 15 is 0 Å². The van der Waals surface area contributed by atoms with E-state index in [9.17, 15) is 15.0 Å². The van der Waals surface area contributed by atoms with Crippen molar-refractivity contribution in [2.24, 2.45) is 0 Å². The highest BCUT2D eigenvalue weighted by Gasteiger charge is 2.41. The van der Waals surface area contributed by atoms with Gasteiger partial charge in [-0.25, -0.2) is 0 Å². The predicted molar refractivity (Wildman–Crippen MR) is 90.4 cm³/mol. The van der Waals surface area contributed by atoms with E-state index < -0.39 is 16.3 Å². The Balaban J connectivity index is 1.92. The molecule has 0 radical (unpaired) electrons. The maximum absolute atomic E-state index is 11.4. The third-order valence-electron chi connectivity index (χ3n) is 4.12. The molecule has 0 aliphatic heterocycles. The lowest BCUT2D eigenvalue weighted by Gasteiger charge is -2.20. The summed E-state index contributed by atoms with van der Waals surface area (Å²) in [7, 11) is 0. The van der Waals surface area contributed by atoms with E-state index in [1.165, 1.54) is 11.8 Å². The molecule has 2 aromatic rings. The van der Waals surface area contributed by atoms with Gasteiger partial charge in [0.15, 0.2) is 0 Å². The summed E-state index contributed by atoms with van der Waals surface area (Å²) in [5, 5.41) is 19.5. The van der Waals surface area contributed by atoms with Gasteiger partial charge in [-0.05, 0) is 43.9 Å². The first-order chi connectivity index (χ1) is 10.8. The zero-order valence-electron chi connectivity index (χ0n) is 13.1. The monoisotopic (exact) mass is 329 g/mol. The molecule has 1 heterocycles. The quantitative estimate of drug-likeness (QED) is 0.819. The largest absolute Gasteiger partial charge is 0.480 e. The van der Waals surface area contributed by atoms with Crippen LogP contribution in [0.5, 0.6) is 0 Å². The number of carboxylic acid groups (broad SMARTS) is 1. The first-order valence-corrected chi connectivity index (χ1v) is 8.33. The van der Waals surface area contributed by atoms with Crippen LogP contribution in [0.15, 0.2) is 47.6 Å². The van der Waals surface area contributed by atoms with Gasteiger partial charge in [-0.3, -0.25) is 9.78 Å². The average Bonchev–Trinajstić information content (AvgIpc) is 3.27. The molecule has 2 N–H and O–H groups in total. The highest BCUT2D eigenvalue weighted by atomic mass is 32.2. The van der Waals surface area contributed by atoms with Crippen molar-refractivity contribution < 1.29 is 15.0 Å². The minimum Gasteiger partial charge on any atom is -0.480 e. The Bertz CT molecular complexity index is 736. The third kappa shape index (κ3) is 3.26. The molecule has 0 spiro atoms. The molecule has 1 aromatic heterocycles. The molecule has 120 valence electrons. The number of rotatable bonds is 5. The van der Waals surface area contributed by atoms with Crippen LogP contribution < -0.4 is 0 Å². The van der Waals surface area contributed by atoms with Crippen molar-refractivity contribution in [3.8, 4) is 11.1 Å². The highest BCUT2D eigenvalue weighted by Crippen LogP contribution is 2.46. The molecular weight excluding hydrogens is 310 g/mol. The molecule has 0 atom stereocenters. The van der Waals surface area contributed by atoms with Crippen LogP contribution in [-0.2, 0) is 10.4 Å². The van der Waals surface area contributed by atoms with Gasteiger partial charge in [-0.2, -0.15) is 0 Å². The van der Waals surface area contributed by atoms with Gasteiger partial charge in [0.2, 0.25) is 0 Å². The molecule has 0 amide bonds. The fourth-order valence-corrected chi connectivity index (χ4v) is 3.42. The maximum Gasteiger partial charge on any atom is 0.319 e. The first kappa shape index (κ1) is 16.0. The van der Waals surface area contributed by atoms with E-state index in [0.29, 0.717) is 0 Å². The van der Waals surface area contributed by atoms with Gasteiger partial charge in [-0.1, -0.05) is 24.3 Å². The fraction of sp³-hybridized carbons (Fsp3) is 0.333. The van der Waals surface area contributed by atoms with Gasteiger partial charge >= 0.3 is 5.97 Å². The average molecular weight is 329 g/mol. The molecule has 0 saturated heterocycles. The summed E-state index contributed by atoms with van der Waals surface area (Å²) in [6.07, 6.45) is 5.05. The van der Waals surface area contributed by atoms with Crippen LogP contribution in [0.3, 0.4) is 0 Å². The Morgan fingerprint density at radius 3 is 2.43 bits per heavy atom. The second-order valence-electron chi connectivity index (χ2n) is 6.40. The van der Waals surface area contributed by atoms with Crippen molar-refractivity contribution in [2.45, 2.75) is 41.9 Å². The van der Waals surface area contributed by atoms with E-state index in [0.717, 1.165) is 34.4 Å². The number of thioether (sulfide) groups is 1. The number of benzene rings is 1. The fourth-order valence-electron chi connectivity index (χ4n) is 2.37. The van der Waals surface area contributed by atoms with Crippen LogP contribution in [0.1, 0.15) is 32.3 Å². The number of aliphatic hydroxyl groups is 1. The minimum absolute atomic E-state index is 0.643. The number of hydrogen-bond acceptors (Lipinski definition) is 4. The van der Waals surface area contributed by atoms with Crippen molar-refractivity contribution in [1.29, 1.82) is 0 Å². The van der Waals surface area contributed by atoms with Crippen LogP contribution in [0, 0.1) is 0 Å². The van der Waals surface area contributed by atoms with E-state index in [1.807, 2.05) is 30.3 Å². The molecule has 1 aromatic carbocycles. The van der Waals surface area contributed by atoms with E-state index in [1.54, 1.807) is 26.2 Å². The zero-order chi connectivity index (χ0) is 16.7. The Kier molecular flexibility index (Phi) is 3.94. The number of aromatic nitrogens is 1. The number of carbonyl (C=O) groups is 1. The molecule has 1 saturated carbocycles. The standard InChI is InChI=1S/C18H19NO3S/c1-17(2,16(20)21)23-15-7-10-19-11-14(15)12-3-5-13(6-4-12)18(22)8-9-18/h3-7,10-11,22H,8-9H2,1-2H3,(H,20,21). The third-order valence-corrected chi connectivity index (χ3v) is 5.38. The molecular formula is C18H19NO3S. The summed E-state index contributed by atoms with van der Waals surface area (Å²) in [5.74, 6) is -0.850. The summed E-state index contributed by atoms with van der Waals surface area (Å²) in [6.45, 7) is 3.38. The van der Waals surface area contributed by atoms with Crippen molar-refractivity contribution in [3.05, 3.63) is 48.3 Å². The lowest BCUT2D eigenvalue weighted by Crippen LogP contribution is -2.27. The van der Waals surface area contributed by atoms with Gasteiger partial charge in [0.05, 0.1) is 5.60 Å². The zero-order valence-corrected chi connectivity index (χ0v) is 13.9. The molecule has 1 aliphatic carbocycles. The second kappa shape index (κ2) is 5.65. The highest BCUT2D eigenvalue weighted by molar-refractivity contribution is 8.01. The molecule has 1 aliphatic rings. The molecule has 0 unspecified atom stereocenters. The summed E-state index contributed by atoms with van der Waals surface area (Å²) < 4.78 is -0.917. The lowest BCUT2D eigenvalue weighted by molar-refractivity contribution is -0.138. The Hall–Kier alpha value is -1.85. The van der Waals surface area contributed by atoms with Crippen molar-refractivity contribution in [1.82, 2.24) is 4.98 Å². The van der Waals surface area contributed by atoms with Crippen molar-refractivity contribution in [2.75, 3.05) is 0 Å². The Morgan fingerprint density at radius 1 is 1.22 bits per heavy atom. The number of carboxylic acids is 1. The van der Waals surface area contributed by atoms with Gasteiger partial charge in [0.25, 0.3) is 0 Å². The van der Waals surface area contributed by atoms with Crippen LogP contribution in [-0.4, -0.2) is 25.9 Å². The SMILES string of the molecule is CC(C)(Sc1ccncc1-c1ccc(C2(O)CC2)cc1)C(=O)O. The van der Waals surface area contributed by atoms with Crippen LogP contribution in [0.25, 0.3) is 11.1 Å². The molecule has 0 bridgehead atoms. The lowest BCUT2D eigenvalue weighted by atomic mass is 10.0. The maximum atomic E-state index is 11.4. The van der Waals surface area contributed by atoms with E-state index in [4.69, 9.17) is 0 Å². The van der Waals surface area contributed by atoms with Gasteiger partial charge in [0, 0.05) is 22.9 Å². The van der Waals surface area contributed by atoms with Crippen LogP contribution >= 0.6 is 11.8 Å². The number of aliphatic carboxylic acids is 1. The number of hydrogen-bond donors (Lipinski definition) is 2. The molecule has 1 fully saturated rings. The molecule has 5 heteroatoms. The van der Waals surface area contributed by atoms with Gasteiger partial charge in [-0.15, -0.1) is 11.8 Å². The number of pyridine rings is 1. The topological polar surface area (TPSA) is 70.4 Å². The Morgan fingerprint density at radius 2 is 1.87 bits per heavy atom. The summed E-state index contributed by atoms with van der Waals surface area (Å²) in [4.78, 5) is 16.4. The number of nitrogens with zero attached hydrogens (tertiary/aromatic N) is 1. The van der Waals surface area contributed by atoms with Gasteiger partial charge in [0.1, 0.15) is 4.75 Å². The molecule has 3 rings (SSSR count). The van der Waals surface area contributed by atoms with E-state index in [-0.39, 0.29) is 0 Å². The smallest absolute Gasteiger partial charge is 0.319 e. The molecule has 4 nitrogen and oxygen atoms in total. The summed E-state index contributed by atoms with van der Waals surface area (Å²) in [5.41, 5.74) is 2.16. The predicted octanol–water partition coefficient (Wildman–Crippen LogP) is 3.69. The normalized spacial score (nSPS) is 16.1. The van der Waals surface area contributed by atoms with Crippen molar-refractivity contribution in [3.63, 3.8) is 0 Å². The Labute approximate surface area is 139 Å². The van der Waals surface area contributed by atoms with Gasteiger partial charge < -0.3 is 10.2 Å².